The van der Waals surface area contributed by atoms with Crippen LogP contribution < -0.4 is 0 Å². The quantitative estimate of drug-likeness (QED) is 0.653. The van der Waals surface area contributed by atoms with Gasteiger partial charge in [0.1, 0.15) is 0 Å². The van der Waals surface area contributed by atoms with Crippen molar-refractivity contribution in [1.82, 2.24) is 0 Å². The van der Waals surface area contributed by atoms with Crippen molar-refractivity contribution < 1.29 is 27.3 Å². The van der Waals surface area contributed by atoms with Crippen LogP contribution in [-0.4, -0.2) is 10.2 Å². The third kappa shape index (κ3) is 5.85. The molecule has 2 N–H and O–H groups in total. The van der Waals surface area contributed by atoms with Crippen LogP contribution in [0.3, 0.4) is 0 Å². The van der Waals surface area contributed by atoms with Gasteiger partial charge in [0.2, 0.25) is 0 Å². The third-order valence-electron chi connectivity index (χ3n) is 2.34. The standard InChI is InChI=1S/2C7H9O.Fe/c2*1-6(8)7-4-2-3-5-7;/h2*2-6,8H,1H3;/q2*-1;. The van der Waals surface area contributed by atoms with Gasteiger partial charge in [0.05, 0.1) is 12.2 Å². The van der Waals surface area contributed by atoms with Gasteiger partial charge in [-0.3, -0.25) is 0 Å². The molecule has 0 saturated carbocycles. The smallest absolute Gasteiger partial charge is 0.0533 e. The maximum absolute atomic E-state index is 8.91. The minimum atomic E-state index is -0.315. The van der Waals surface area contributed by atoms with Crippen molar-refractivity contribution in [2.45, 2.75) is 26.1 Å². The van der Waals surface area contributed by atoms with Crippen LogP contribution in [0.15, 0.2) is 48.5 Å². The molecule has 0 bridgehead atoms. The summed E-state index contributed by atoms with van der Waals surface area (Å²) in [5.74, 6) is 0. The van der Waals surface area contributed by atoms with Crippen LogP contribution >= 0.6 is 0 Å². The normalized spacial score (nSPS) is 12.9. The second-order valence-electron chi connectivity index (χ2n) is 3.79. The molecule has 0 spiro atoms. The molecule has 2 aromatic carbocycles. The zero-order valence-electron chi connectivity index (χ0n) is 10.0. The average Bonchev–Trinajstić information content (AvgIpc) is 2.93. The predicted molar refractivity (Wildman–Crippen MR) is 65.3 cm³/mol. The number of rotatable bonds is 2. The van der Waals surface area contributed by atoms with Crippen molar-refractivity contribution in [2.24, 2.45) is 0 Å². The Hall–Kier alpha value is -0.861. The first-order valence-electron chi connectivity index (χ1n) is 5.40. The van der Waals surface area contributed by atoms with E-state index in [1.165, 1.54) is 0 Å². The molecular formula is C14H18FeO2-2. The summed E-state index contributed by atoms with van der Waals surface area (Å²) in [6.07, 6.45) is -0.630. The fourth-order valence-corrected chi connectivity index (χ4v) is 1.33. The van der Waals surface area contributed by atoms with Crippen LogP contribution in [0.2, 0.25) is 0 Å². The molecule has 2 unspecified atom stereocenters. The number of aliphatic hydroxyl groups excluding tert-OH is 2. The Morgan fingerprint density at radius 2 is 1.24 bits per heavy atom. The Bertz CT molecular complexity index is 323. The molecule has 0 aliphatic carbocycles. The molecular weight excluding hydrogens is 256 g/mol. The first-order chi connectivity index (χ1) is 7.61. The minimum Gasteiger partial charge on any atom is -0.391 e. The molecule has 2 atom stereocenters. The zero-order valence-corrected chi connectivity index (χ0v) is 11.1. The van der Waals surface area contributed by atoms with Crippen molar-refractivity contribution in [3.8, 4) is 0 Å². The molecule has 2 aromatic rings. The fraction of sp³-hybridized carbons (Fsp3) is 0.286. The van der Waals surface area contributed by atoms with Crippen LogP contribution in [0.25, 0.3) is 0 Å². The van der Waals surface area contributed by atoms with Crippen LogP contribution in [0, 0.1) is 0 Å². The van der Waals surface area contributed by atoms with Crippen molar-refractivity contribution in [1.29, 1.82) is 0 Å². The summed E-state index contributed by atoms with van der Waals surface area (Å²) in [6.45, 7) is 3.52. The molecule has 0 aliphatic rings. The molecule has 0 amide bonds. The molecule has 17 heavy (non-hydrogen) atoms. The number of aliphatic hydroxyl groups is 2. The van der Waals surface area contributed by atoms with E-state index in [0.29, 0.717) is 0 Å². The maximum Gasteiger partial charge on any atom is 0.0533 e. The Balaban J connectivity index is 0.000000284. The third-order valence-corrected chi connectivity index (χ3v) is 2.34. The molecule has 2 rings (SSSR count). The summed E-state index contributed by atoms with van der Waals surface area (Å²) in [5.41, 5.74) is 1.98. The Morgan fingerprint density at radius 3 is 1.35 bits per heavy atom. The summed E-state index contributed by atoms with van der Waals surface area (Å²) in [7, 11) is 0. The van der Waals surface area contributed by atoms with Gasteiger partial charge >= 0.3 is 0 Å². The van der Waals surface area contributed by atoms with E-state index in [1.54, 1.807) is 13.8 Å². The van der Waals surface area contributed by atoms with Crippen LogP contribution in [-0.2, 0) is 17.1 Å². The van der Waals surface area contributed by atoms with E-state index < -0.39 is 0 Å². The summed E-state index contributed by atoms with van der Waals surface area (Å²) in [6, 6.07) is 15.3. The van der Waals surface area contributed by atoms with E-state index in [1.807, 2.05) is 48.5 Å². The van der Waals surface area contributed by atoms with E-state index >= 15 is 0 Å². The SMILES string of the molecule is CC(O)c1ccc[cH-]1.CC(O)c1ccc[cH-]1.[Fe]. The largest absolute Gasteiger partial charge is 0.391 e. The first-order valence-corrected chi connectivity index (χ1v) is 5.40. The molecule has 2 nitrogen and oxygen atoms in total. The summed E-state index contributed by atoms with van der Waals surface area (Å²) >= 11 is 0. The van der Waals surface area contributed by atoms with E-state index in [4.69, 9.17) is 10.2 Å². The van der Waals surface area contributed by atoms with Gasteiger partial charge in [0.15, 0.2) is 0 Å². The molecule has 0 radical (unpaired) electrons. The molecule has 0 saturated heterocycles. The van der Waals surface area contributed by atoms with Gasteiger partial charge in [0, 0.05) is 17.1 Å². The first kappa shape index (κ1) is 16.1. The van der Waals surface area contributed by atoms with Gasteiger partial charge < -0.3 is 10.2 Å². The van der Waals surface area contributed by atoms with E-state index in [0.717, 1.165) is 11.1 Å². The van der Waals surface area contributed by atoms with Crippen molar-refractivity contribution in [2.75, 3.05) is 0 Å². The zero-order chi connectivity index (χ0) is 12.0. The number of hydrogen-bond acceptors (Lipinski definition) is 2. The van der Waals surface area contributed by atoms with Gasteiger partial charge in [-0.25, -0.2) is 24.3 Å². The summed E-state index contributed by atoms with van der Waals surface area (Å²) < 4.78 is 0. The van der Waals surface area contributed by atoms with Gasteiger partial charge in [-0.05, 0) is 13.8 Å². The molecule has 0 fully saturated rings. The van der Waals surface area contributed by atoms with Crippen molar-refractivity contribution >= 4 is 0 Å². The second kappa shape index (κ2) is 8.26. The van der Waals surface area contributed by atoms with Gasteiger partial charge in [-0.2, -0.15) is 24.3 Å². The molecule has 0 heterocycles. The van der Waals surface area contributed by atoms with Crippen molar-refractivity contribution in [3.63, 3.8) is 0 Å². The van der Waals surface area contributed by atoms with Crippen LogP contribution in [0.1, 0.15) is 37.2 Å². The van der Waals surface area contributed by atoms with Gasteiger partial charge in [0.25, 0.3) is 0 Å². The average molecular weight is 274 g/mol. The van der Waals surface area contributed by atoms with Crippen LogP contribution in [0.5, 0.6) is 0 Å². The van der Waals surface area contributed by atoms with Gasteiger partial charge in [-0.15, -0.1) is 11.1 Å². The minimum absolute atomic E-state index is 0. The molecule has 0 aliphatic heterocycles. The van der Waals surface area contributed by atoms with Crippen molar-refractivity contribution in [3.05, 3.63) is 59.7 Å². The van der Waals surface area contributed by atoms with Crippen LogP contribution in [0.4, 0.5) is 0 Å². The Kier molecular flexibility index (Phi) is 7.84. The monoisotopic (exact) mass is 274 g/mol. The Labute approximate surface area is 113 Å². The number of hydrogen-bond donors (Lipinski definition) is 2. The fourth-order valence-electron chi connectivity index (χ4n) is 1.33. The van der Waals surface area contributed by atoms with E-state index in [-0.39, 0.29) is 29.3 Å². The molecule has 0 aromatic heterocycles. The van der Waals surface area contributed by atoms with E-state index in [9.17, 15) is 0 Å². The molecule has 96 valence electrons. The predicted octanol–water partition coefficient (Wildman–Crippen LogP) is 2.92. The molecule has 3 heteroatoms. The maximum atomic E-state index is 8.91. The summed E-state index contributed by atoms with van der Waals surface area (Å²) in [5, 5.41) is 17.8. The van der Waals surface area contributed by atoms with E-state index in [2.05, 4.69) is 0 Å². The topological polar surface area (TPSA) is 40.5 Å². The summed E-state index contributed by atoms with van der Waals surface area (Å²) in [4.78, 5) is 0. The second-order valence-corrected chi connectivity index (χ2v) is 3.79. The Morgan fingerprint density at radius 1 is 0.882 bits per heavy atom. The van der Waals surface area contributed by atoms with Gasteiger partial charge in [-0.1, -0.05) is 0 Å².